The van der Waals surface area contributed by atoms with Crippen molar-refractivity contribution in [1.82, 2.24) is 10.2 Å². The van der Waals surface area contributed by atoms with Gasteiger partial charge in [0.25, 0.3) is 0 Å². The Morgan fingerprint density at radius 1 is 1.58 bits per heavy atom. The van der Waals surface area contributed by atoms with Crippen molar-refractivity contribution in [1.29, 1.82) is 0 Å². The van der Waals surface area contributed by atoms with Crippen LogP contribution in [0.2, 0.25) is 0 Å². The Morgan fingerprint density at radius 2 is 2.21 bits per heavy atom. The van der Waals surface area contributed by atoms with Gasteiger partial charge in [0, 0.05) is 19.5 Å². The van der Waals surface area contributed by atoms with Gasteiger partial charge in [-0.05, 0) is 6.42 Å². The van der Waals surface area contributed by atoms with Gasteiger partial charge in [0.05, 0.1) is 12.0 Å². The van der Waals surface area contributed by atoms with Gasteiger partial charge in [0.2, 0.25) is 11.8 Å². The quantitative estimate of drug-likeness (QED) is 0.761. The van der Waals surface area contributed by atoms with E-state index in [2.05, 4.69) is 5.32 Å². The minimum atomic E-state index is -4.46. The Kier molecular flexibility index (Phi) is 5.16. The fourth-order valence-electron chi connectivity index (χ4n) is 1.82. The molecule has 2 N–H and O–H groups in total. The third-order valence-electron chi connectivity index (χ3n) is 2.94. The molecule has 2 amide bonds. The summed E-state index contributed by atoms with van der Waals surface area (Å²) in [6, 6.07) is 0. The van der Waals surface area contributed by atoms with E-state index in [9.17, 15) is 27.9 Å². The van der Waals surface area contributed by atoms with Gasteiger partial charge in [-0.3, -0.25) is 9.59 Å². The number of halogens is 3. The molecule has 5 nitrogen and oxygen atoms in total. The molecule has 1 saturated heterocycles. The minimum Gasteiger partial charge on any atom is -0.391 e. The van der Waals surface area contributed by atoms with E-state index >= 15 is 0 Å². The van der Waals surface area contributed by atoms with Gasteiger partial charge in [0.15, 0.2) is 0 Å². The first-order valence-electron chi connectivity index (χ1n) is 6.03. The van der Waals surface area contributed by atoms with E-state index < -0.39 is 36.6 Å². The molecule has 1 aliphatic heterocycles. The highest BCUT2D eigenvalue weighted by atomic mass is 19.4. The first-order chi connectivity index (χ1) is 8.73. The second-order valence-corrected chi connectivity index (χ2v) is 4.60. The molecule has 1 heterocycles. The van der Waals surface area contributed by atoms with Gasteiger partial charge in [0.1, 0.15) is 6.54 Å². The normalized spacial score (nSPS) is 21.6. The Morgan fingerprint density at radius 3 is 2.74 bits per heavy atom. The lowest BCUT2D eigenvalue weighted by Crippen LogP contribution is -2.39. The van der Waals surface area contributed by atoms with E-state index in [1.54, 1.807) is 6.92 Å². The summed E-state index contributed by atoms with van der Waals surface area (Å²) in [5.74, 6) is -1.95. The fraction of sp³-hybridized carbons (Fsp3) is 0.818. The van der Waals surface area contributed by atoms with Crippen LogP contribution in [0.15, 0.2) is 0 Å². The Hall–Kier alpha value is -1.31. The van der Waals surface area contributed by atoms with Crippen LogP contribution >= 0.6 is 0 Å². The van der Waals surface area contributed by atoms with E-state index in [0.717, 1.165) is 0 Å². The third kappa shape index (κ3) is 5.06. The molecule has 0 radical (unpaired) electrons. The summed E-state index contributed by atoms with van der Waals surface area (Å²) < 4.78 is 36.5. The number of rotatable bonds is 5. The Balaban J connectivity index is 2.45. The van der Waals surface area contributed by atoms with Crippen LogP contribution in [0.1, 0.15) is 19.8 Å². The van der Waals surface area contributed by atoms with Crippen molar-refractivity contribution in [2.75, 3.05) is 19.6 Å². The van der Waals surface area contributed by atoms with Crippen molar-refractivity contribution in [3.8, 4) is 0 Å². The molecule has 0 saturated carbocycles. The summed E-state index contributed by atoms with van der Waals surface area (Å²) in [7, 11) is 0. The van der Waals surface area contributed by atoms with Crippen molar-refractivity contribution < 1.29 is 27.9 Å². The van der Waals surface area contributed by atoms with Gasteiger partial charge < -0.3 is 15.3 Å². The average Bonchev–Trinajstić information content (AvgIpc) is 2.65. The molecule has 0 aromatic rings. The molecule has 110 valence electrons. The molecule has 19 heavy (non-hydrogen) atoms. The van der Waals surface area contributed by atoms with Crippen molar-refractivity contribution in [3.63, 3.8) is 0 Å². The molecule has 1 fully saturated rings. The number of aliphatic hydroxyl groups excluding tert-OH is 1. The van der Waals surface area contributed by atoms with E-state index in [1.165, 1.54) is 0 Å². The standard InChI is InChI=1S/C11H17F3N2O3/c1-2-8(17)4-15-10(19)7-3-9(18)16(5-7)6-11(12,13)14/h7-8,17H,2-6H2,1H3,(H,15,19). The first kappa shape index (κ1) is 15.7. The van der Waals surface area contributed by atoms with Gasteiger partial charge in [-0.2, -0.15) is 13.2 Å². The highest BCUT2D eigenvalue weighted by molar-refractivity contribution is 5.89. The summed E-state index contributed by atoms with van der Waals surface area (Å²) in [6.07, 6.45) is -4.90. The summed E-state index contributed by atoms with van der Waals surface area (Å²) in [5.41, 5.74) is 0. The first-order valence-corrected chi connectivity index (χ1v) is 6.03. The predicted octanol–water partition coefficient (Wildman–Crippen LogP) is 0.284. The number of alkyl halides is 3. The summed E-state index contributed by atoms with van der Waals surface area (Å²) >= 11 is 0. The van der Waals surface area contributed by atoms with Crippen LogP contribution in [0.3, 0.4) is 0 Å². The smallest absolute Gasteiger partial charge is 0.391 e. The minimum absolute atomic E-state index is 0.0410. The van der Waals surface area contributed by atoms with E-state index in [0.29, 0.717) is 11.3 Å². The second-order valence-electron chi connectivity index (χ2n) is 4.60. The van der Waals surface area contributed by atoms with Crippen molar-refractivity contribution in [3.05, 3.63) is 0 Å². The third-order valence-corrected chi connectivity index (χ3v) is 2.94. The molecule has 0 aromatic heterocycles. The predicted molar refractivity (Wildman–Crippen MR) is 60.0 cm³/mol. The largest absolute Gasteiger partial charge is 0.406 e. The maximum absolute atomic E-state index is 12.2. The van der Waals surface area contributed by atoms with Crippen LogP contribution in [-0.4, -0.2) is 53.7 Å². The van der Waals surface area contributed by atoms with Crippen LogP contribution < -0.4 is 5.32 Å². The summed E-state index contributed by atoms with van der Waals surface area (Å²) in [5, 5.41) is 11.7. The van der Waals surface area contributed by atoms with Crippen LogP contribution in [0.4, 0.5) is 13.2 Å². The zero-order chi connectivity index (χ0) is 14.6. The number of likely N-dealkylation sites (tertiary alicyclic amines) is 1. The van der Waals surface area contributed by atoms with Crippen molar-refractivity contribution in [2.45, 2.75) is 32.0 Å². The zero-order valence-corrected chi connectivity index (χ0v) is 10.5. The number of carbonyl (C=O) groups is 2. The van der Waals surface area contributed by atoms with E-state index in [-0.39, 0.29) is 19.5 Å². The number of hydrogen-bond donors (Lipinski definition) is 2. The monoisotopic (exact) mass is 282 g/mol. The van der Waals surface area contributed by atoms with Crippen molar-refractivity contribution >= 4 is 11.8 Å². The van der Waals surface area contributed by atoms with Crippen LogP contribution in [0.25, 0.3) is 0 Å². The molecule has 1 aliphatic rings. The molecule has 0 spiro atoms. The molecule has 0 bridgehead atoms. The van der Waals surface area contributed by atoms with Gasteiger partial charge in [-0.1, -0.05) is 6.92 Å². The maximum atomic E-state index is 12.2. The number of amides is 2. The lowest BCUT2D eigenvalue weighted by molar-refractivity contribution is -0.157. The van der Waals surface area contributed by atoms with Gasteiger partial charge in [-0.15, -0.1) is 0 Å². The summed E-state index contributed by atoms with van der Waals surface area (Å²) in [4.78, 5) is 23.6. The molecular weight excluding hydrogens is 265 g/mol. The Labute approximate surface area is 108 Å². The average molecular weight is 282 g/mol. The molecule has 0 aromatic carbocycles. The fourth-order valence-corrected chi connectivity index (χ4v) is 1.82. The van der Waals surface area contributed by atoms with Crippen LogP contribution in [0, 0.1) is 5.92 Å². The number of nitrogens with zero attached hydrogens (tertiary/aromatic N) is 1. The molecule has 1 rings (SSSR count). The molecule has 0 aliphatic carbocycles. The molecule has 2 atom stereocenters. The highest BCUT2D eigenvalue weighted by Crippen LogP contribution is 2.23. The lowest BCUT2D eigenvalue weighted by atomic mass is 10.1. The topological polar surface area (TPSA) is 69.6 Å². The number of carbonyl (C=O) groups excluding carboxylic acids is 2. The van der Waals surface area contributed by atoms with E-state index in [4.69, 9.17) is 0 Å². The van der Waals surface area contributed by atoms with Crippen LogP contribution in [-0.2, 0) is 9.59 Å². The zero-order valence-electron chi connectivity index (χ0n) is 10.5. The second kappa shape index (κ2) is 6.23. The maximum Gasteiger partial charge on any atom is 0.406 e. The number of hydrogen-bond acceptors (Lipinski definition) is 3. The summed E-state index contributed by atoms with van der Waals surface area (Å²) in [6.45, 7) is 0.222. The molecular formula is C11H17F3N2O3. The number of aliphatic hydroxyl groups is 1. The van der Waals surface area contributed by atoms with E-state index in [1.807, 2.05) is 0 Å². The lowest BCUT2D eigenvalue weighted by Gasteiger charge is -2.18. The van der Waals surface area contributed by atoms with Crippen molar-refractivity contribution in [2.24, 2.45) is 5.92 Å². The van der Waals surface area contributed by atoms with Gasteiger partial charge in [-0.25, -0.2) is 0 Å². The molecule has 8 heteroatoms. The Bertz CT molecular complexity index is 347. The highest BCUT2D eigenvalue weighted by Gasteiger charge is 2.40. The molecule has 2 unspecified atom stereocenters. The number of nitrogens with one attached hydrogen (secondary N) is 1. The van der Waals surface area contributed by atoms with Crippen LogP contribution in [0.5, 0.6) is 0 Å². The van der Waals surface area contributed by atoms with Gasteiger partial charge >= 0.3 is 6.18 Å². The SMILES string of the molecule is CCC(O)CNC(=O)C1CC(=O)N(CC(F)(F)F)C1.